The summed E-state index contributed by atoms with van der Waals surface area (Å²) in [5.74, 6) is -3.08. The first kappa shape index (κ1) is 23.3. The molecule has 0 aliphatic rings. The standard InChI is InChI=1S/2C14H12F2/c2*1-9-3-6-11(7-4-9)12-8-5-10(2)13(15)14(12)16/h2*3-8H,1-2H3. The number of hydrogen-bond donors (Lipinski definition) is 0. The van der Waals surface area contributed by atoms with Gasteiger partial charge in [-0.25, -0.2) is 17.6 Å². The molecule has 0 N–H and O–H groups in total. The molecule has 0 heterocycles. The van der Waals surface area contributed by atoms with Crippen LogP contribution in [0.3, 0.4) is 0 Å². The normalized spacial score (nSPS) is 10.5. The van der Waals surface area contributed by atoms with Crippen molar-refractivity contribution in [3.63, 3.8) is 0 Å². The van der Waals surface area contributed by atoms with Gasteiger partial charge in [0.1, 0.15) is 0 Å². The van der Waals surface area contributed by atoms with Crippen molar-refractivity contribution < 1.29 is 17.6 Å². The molecular weight excluding hydrogens is 412 g/mol. The lowest BCUT2D eigenvalue weighted by Gasteiger charge is -2.06. The molecule has 4 heteroatoms. The predicted octanol–water partition coefficient (Wildman–Crippen LogP) is 8.50. The number of halogens is 4. The predicted molar refractivity (Wildman–Crippen MR) is 123 cm³/mol. The van der Waals surface area contributed by atoms with Crippen molar-refractivity contribution in [3.8, 4) is 22.3 Å². The van der Waals surface area contributed by atoms with Crippen LogP contribution in [0.15, 0.2) is 72.8 Å². The molecule has 0 fully saturated rings. The van der Waals surface area contributed by atoms with Crippen LogP contribution in [-0.2, 0) is 0 Å². The smallest absolute Gasteiger partial charge is 0.166 e. The van der Waals surface area contributed by atoms with Gasteiger partial charge in [-0.3, -0.25) is 0 Å². The van der Waals surface area contributed by atoms with Crippen molar-refractivity contribution in [1.29, 1.82) is 0 Å². The lowest BCUT2D eigenvalue weighted by atomic mass is 10.0. The molecule has 0 spiro atoms. The van der Waals surface area contributed by atoms with Crippen molar-refractivity contribution in [1.82, 2.24) is 0 Å². The van der Waals surface area contributed by atoms with Gasteiger partial charge in [0.15, 0.2) is 23.3 Å². The second-order valence-corrected chi connectivity index (χ2v) is 7.85. The number of hydrogen-bond acceptors (Lipinski definition) is 0. The Kier molecular flexibility index (Phi) is 7.14. The first-order valence-electron chi connectivity index (χ1n) is 10.2. The highest BCUT2D eigenvalue weighted by atomic mass is 19.2. The van der Waals surface area contributed by atoms with Crippen LogP contribution in [0, 0.1) is 51.0 Å². The zero-order valence-corrected chi connectivity index (χ0v) is 18.4. The second-order valence-electron chi connectivity index (χ2n) is 7.85. The first-order valence-corrected chi connectivity index (χ1v) is 10.2. The van der Waals surface area contributed by atoms with Gasteiger partial charge in [-0.1, -0.05) is 83.9 Å². The fourth-order valence-corrected chi connectivity index (χ4v) is 3.20. The zero-order chi connectivity index (χ0) is 23.4. The Labute approximate surface area is 186 Å². The first-order chi connectivity index (χ1) is 15.2. The zero-order valence-electron chi connectivity index (χ0n) is 18.4. The second kappa shape index (κ2) is 9.82. The van der Waals surface area contributed by atoms with Crippen LogP contribution in [0.1, 0.15) is 22.3 Å². The van der Waals surface area contributed by atoms with E-state index >= 15 is 0 Å². The van der Waals surface area contributed by atoms with Gasteiger partial charge in [0.2, 0.25) is 0 Å². The minimum absolute atomic E-state index is 0.308. The lowest BCUT2D eigenvalue weighted by molar-refractivity contribution is 0.505. The third-order valence-corrected chi connectivity index (χ3v) is 5.28. The van der Waals surface area contributed by atoms with E-state index in [0.29, 0.717) is 33.4 Å². The summed E-state index contributed by atoms with van der Waals surface area (Å²) in [5.41, 5.74) is 4.85. The van der Waals surface area contributed by atoms with Crippen molar-refractivity contribution >= 4 is 0 Å². The highest BCUT2D eigenvalue weighted by molar-refractivity contribution is 5.65. The quantitative estimate of drug-likeness (QED) is 0.276. The highest BCUT2D eigenvalue weighted by Gasteiger charge is 2.13. The summed E-state index contributed by atoms with van der Waals surface area (Å²) in [6.07, 6.45) is 0. The maximum absolute atomic E-state index is 13.7. The summed E-state index contributed by atoms with van der Waals surface area (Å²) >= 11 is 0. The molecule has 0 nitrogen and oxygen atoms in total. The van der Waals surface area contributed by atoms with Gasteiger partial charge >= 0.3 is 0 Å². The molecule has 4 aromatic carbocycles. The molecule has 0 saturated heterocycles. The summed E-state index contributed by atoms with van der Waals surface area (Å²) in [7, 11) is 0. The number of rotatable bonds is 2. The number of benzene rings is 4. The van der Waals surface area contributed by atoms with E-state index in [1.165, 1.54) is 0 Å². The van der Waals surface area contributed by atoms with Gasteiger partial charge in [0.05, 0.1) is 0 Å². The minimum Gasteiger partial charge on any atom is -0.203 e. The molecular formula is C28H24F4. The summed E-state index contributed by atoms with van der Waals surface area (Å²) in [6.45, 7) is 7.01. The van der Waals surface area contributed by atoms with E-state index in [-0.39, 0.29) is 0 Å². The molecule has 0 bridgehead atoms. The molecule has 0 atom stereocenters. The van der Waals surface area contributed by atoms with Crippen LogP contribution in [0.5, 0.6) is 0 Å². The maximum atomic E-state index is 13.7. The van der Waals surface area contributed by atoms with Gasteiger partial charge < -0.3 is 0 Å². The van der Waals surface area contributed by atoms with E-state index in [1.54, 1.807) is 62.4 Å². The minimum atomic E-state index is -0.774. The molecule has 0 aliphatic heterocycles. The summed E-state index contributed by atoms with van der Waals surface area (Å²) in [6, 6.07) is 21.1. The maximum Gasteiger partial charge on any atom is 0.166 e. The Morgan fingerprint density at radius 2 is 0.688 bits per heavy atom. The molecule has 0 aliphatic carbocycles. The fourth-order valence-electron chi connectivity index (χ4n) is 3.20. The molecule has 0 radical (unpaired) electrons. The largest absolute Gasteiger partial charge is 0.203 e. The number of aryl methyl sites for hydroxylation is 4. The summed E-state index contributed by atoms with van der Waals surface area (Å²) in [5, 5.41) is 0. The SMILES string of the molecule is Cc1ccc(-c2ccc(C)c(F)c2F)cc1.Cc1ccc(-c2ccc(C)c(F)c2F)cc1. The molecule has 0 saturated carbocycles. The van der Waals surface area contributed by atoms with Crippen LogP contribution < -0.4 is 0 Å². The van der Waals surface area contributed by atoms with Gasteiger partial charge in [-0.15, -0.1) is 0 Å². The van der Waals surface area contributed by atoms with Gasteiger partial charge in [-0.2, -0.15) is 0 Å². The van der Waals surface area contributed by atoms with E-state index < -0.39 is 23.3 Å². The van der Waals surface area contributed by atoms with E-state index in [9.17, 15) is 17.6 Å². The molecule has 0 amide bonds. The fraction of sp³-hybridized carbons (Fsp3) is 0.143. The van der Waals surface area contributed by atoms with Gasteiger partial charge in [-0.05, 0) is 49.9 Å². The van der Waals surface area contributed by atoms with Gasteiger partial charge in [0.25, 0.3) is 0 Å². The Bertz CT molecular complexity index is 1130. The Hall–Kier alpha value is -3.40. The average Bonchev–Trinajstić information content (AvgIpc) is 2.78. The van der Waals surface area contributed by atoms with Crippen molar-refractivity contribution in [2.75, 3.05) is 0 Å². The molecule has 32 heavy (non-hydrogen) atoms. The van der Waals surface area contributed by atoms with Crippen molar-refractivity contribution in [3.05, 3.63) is 118 Å². The van der Waals surface area contributed by atoms with E-state index in [0.717, 1.165) is 11.1 Å². The van der Waals surface area contributed by atoms with E-state index in [4.69, 9.17) is 0 Å². The topological polar surface area (TPSA) is 0 Å². The van der Waals surface area contributed by atoms with Crippen LogP contribution in [0.2, 0.25) is 0 Å². The molecule has 4 rings (SSSR count). The van der Waals surface area contributed by atoms with E-state index in [2.05, 4.69) is 0 Å². The monoisotopic (exact) mass is 436 g/mol. The Morgan fingerprint density at radius 1 is 0.375 bits per heavy atom. The Morgan fingerprint density at radius 3 is 1.00 bits per heavy atom. The Balaban J connectivity index is 0.000000181. The molecule has 0 aromatic heterocycles. The van der Waals surface area contributed by atoms with Crippen LogP contribution >= 0.6 is 0 Å². The van der Waals surface area contributed by atoms with Crippen LogP contribution in [-0.4, -0.2) is 0 Å². The lowest BCUT2D eigenvalue weighted by Crippen LogP contribution is -1.92. The molecule has 164 valence electrons. The highest BCUT2D eigenvalue weighted by Crippen LogP contribution is 2.27. The van der Waals surface area contributed by atoms with Crippen molar-refractivity contribution in [2.45, 2.75) is 27.7 Å². The van der Waals surface area contributed by atoms with Crippen molar-refractivity contribution in [2.24, 2.45) is 0 Å². The third-order valence-electron chi connectivity index (χ3n) is 5.28. The third kappa shape index (κ3) is 5.08. The van der Waals surface area contributed by atoms with Gasteiger partial charge in [0, 0.05) is 11.1 Å². The molecule has 4 aromatic rings. The van der Waals surface area contributed by atoms with Crippen LogP contribution in [0.25, 0.3) is 22.3 Å². The molecule has 0 unspecified atom stereocenters. The average molecular weight is 436 g/mol. The summed E-state index contributed by atoms with van der Waals surface area (Å²) in [4.78, 5) is 0. The van der Waals surface area contributed by atoms with E-state index in [1.807, 2.05) is 38.1 Å². The van der Waals surface area contributed by atoms with Crippen LogP contribution in [0.4, 0.5) is 17.6 Å². The summed E-state index contributed by atoms with van der Waals surface area (Å²) < 4.78 is 54.1.